The molecule has 0 aromatic heterocycles. The Morgan fingerprint density at radius 1 is 1.25 bits per heavy atom. The number of rotatable bonds is 8. The minimum atomic E-state index is 0.201. The van der Waals surface area contributed by atoms with E-state index in [2.05, 4.69) is 44.1 Å². The van der Waals surface area contributed by atoms with Gasteiger partial charge in [-0.3, -0.25) is 0 Å². The summed E-state index contributed by atoms with van der Waals surface area (Å²) < 4.78 is 13.1. The van der Waals surface area contributed by atoms with E-state index < -0.39 is 0 Å². The zero-order valence-corrected chi connectivity index (χ0v) is 15.1. The fourth-order valence-corrected chi connectivity index (χ4v) is 2.92. The number of hydrogen-bond acceptors (Lipinski definition) is 3. The lowest BCUT2D eigenvalue weighted by Crippen LogP contribution is -2.20. The second-order valence-electron chi connectivity index (χ2n) is 5.22. The summed E-state index contributed by atoms with van der Waals surface area (Å²) in [7, 11) is 1.66. The molecule has 1 aliphatic carbocycles. The summed E-state index contributed by atoms with van der Waals surface area (Å²) in [6.45, 7) is 3.20. The third-order valence-electron chi connectivity index (χ3n) is 3.33. The van der Waals surface area contributed by atoms with Gasteiger partial charge in [0.25, 0.3) is 0 Å². The van der Waals surface area contributed by atoms with Gasteiger partial charge in [-0.15, -0.1) is 0 Å². The first-order chi connectivity index (χ1) is 9.60. The van der Waals surface area contributed by atoms with Crippen molar-refractivity contribution in [3.63, 3.8) is 0 Å². The lowest BCUT2D eigenvalue weighted by molar-refractivity contribution is 0.205. The molecule has 3 nitrogen and oxygen atoms in total. The van der Waals surface area contributed by atoms with Crippen LogP contribution >= 0.6 is 31.9 Å². The van der Waals surface area contributed by atoms with E-state index in [4.69, 9.17) is 9.47 Å². The van der Waals surface area contributed by atoms with Crippen LogP contribution in [0, 0.1) is 0 Å². The second-order valence-corrected chi connectivity index (χ2v) is 6.92. The smallest absolute Gasteiger partial charge is 0.135 e. The maximum absolute atomic E-state index is 5.99. The summed E-state index contributed by atoms with van der Waals surface area (Å²) in [6, 6.07) is 4.65. The molecule has 1 atom stereocenters. The SMILES string of the molecule is COc1cc(Br)c(OC(C)CCCNC2CC2)cc1Br. The standard InChI is InChI=1S/C15H21Br2NO2/c1-10(4-3-7-18-11-5-6-11)20-15-9-12(16)14(19-2)8-13(15)17/h8-11,18H,3-7H2,1-2H3. The van der Waals surface area contributed by atoms with Gasteiger partial charge in [0.2, 0.25) is 0 Å². The first-order valence-electron chi connectivity index (χ1n) is 7.03. The second kappa shape index (κ2) is 7.66. The van der Waals surface area contributed by atoms with Gasteiger partial charge >= 0.3 is 0 Å². The normalized spacial score (nSPS) is 16.0. The van der Waals surface area contributed by atoms with Gasteiger partial charge in [0.1, 0.15) is 11.5 Å². The van der Waals surface area contributed by atoms with Gasteiger partial charge in [-0.2, -0.15) is 0 Å². The van der Waals surface area contributed by atoms with E-state index in [0.717, 1.165) is 45.9 Å². The molecule has 0 heterocycles. The highest BCUT2D eigenvalue weighted by Gasteiger charge is 2.19. The molecular formula is C15H21Br2NO2. The number of halogens is 2. The van der Waals surface area contributed by atoms with Crippen molar-refractivity contribution in [1.82, 2.24) is 5.32 Å². The molecule has 1 aliphatic rings. The van der Waals surface area contributed by atoms with Crippen LogP contribution < -0.4 is 14.8 Å². The number of hydrogen-bond donors (Lipinski definition) is 1. The van der Waals surface area contributed by atoms with Crippen LogP contribution in [0.1, 0.15) is 32.6 Å². The molecule has 1 N–H and O–H groups in total. The Balaban J connectivity index is 1.80. The van der Waals surface area contributed by atoms with Crippen molar-refractivity contribution >= 4 is 31.9 Å². The van der Waals surface area contributed by atoms with Gasteiger partial charge in [0.05, 0.1) is 22.2 Å². The monoisotopic (exact) mass is 405 g/mol. The zero-order valence-electron chi connectivity index (χ0n) is 11.9. The first-order valence-corrected chi connectivity index (χ1v) is 8.62. The van der Waals surface area contributed by atoms with Gasteiger partial charge in [0.15, 0.2) is 0 Å². The molecule has 112 valence electrons. The van der Waals surface area contributed by atoms with E-state index >= 15 is 0 Å². The molecule has 5 heteroatoms. The zero-order chi connectivity index (χ0) is 14.5. The van der Waals surface area contributed by atoms with Crippen LogP contribution in [0.2, 0.25) is 0 Å². The summed E-state index contributed by atoms with van der Waals surface area (Å²) in [5, 5.41) is 3.52. The fourth-order valence-electron chi connectivity index (χ4n) is 2.02. The minimum Gasteiger partial charge on any atom is -0.496 e. The van der Waals surface area contributed by atoms with Crippen LogP contribution in [-0.4, -0.2) is 25.8 Å². The molecule has 0 spiro atoms. The van der Waals surface area contributed by atoms with Crippen molar-refractivity contribution in [3.8, 4) is 11.5 Å². The molecule has 20 heavy (non-hydrogen) atoms. The van der Waals surface area contributed by atoms with Crippen LogP contribution in [0.25, 0.3) is 0 Å². The van der Waals surface area contributed by atoms with Crippen molar-refractivity contribution in [2.24, 2.45) is 0 Å². The summed E-state index contributed by atoms with van der Waals surface area (Å²) in [4.78, 5) is 0. The Labute approximate surface area is 137 Å². The Bertz CT molecular complexity index is 450. The van der Waals surface area contributed by atoms with Gasteiger partial charge in [0, 0.05) is 6.04 Å². The predicted octanol–water partition coefficient (Wildman–Crippen LogP) is 4.52. The Morgan fingerprint density at radius 2 is 1.90 bits per heavy atom. The van der Waals surface area contributed by atoms with Crippen molar-refractivity contribution in [2.45, 2.75) is 44.8 Å². The van der Waals surface area contributed by atoms with E-state index in [1.807, 2.05) is 12.1 Å². The highest BCUT2D eigenvalue weighted by Crippen LogP contribution is 2.36. The quantitative estimate of drug-likeness (QED) is 0.643. The first kappa shape index (κ1) is 16.1. The van der Waals surface area contributed by atoms with Crippen LogP contribution in [-0.2, 0) is 0 Å². The average molecular weight is 407 g/mol. The molecule has 1 fully saturated rings. The molecule has 1 unspecified atom stereocenters. The van der Waals surface area contributed by atoms with Crippen molar-refractivity contribution in [2.75, 3.05) is 13.7 Å². The molecule has 0 saturated heterocycles. The van der Waals surface area contributed by atoms with Gasteiger partial charge < -0.3 is 14.8 Å². The molecular weight excluding hydrogens is 386 g/mol. The lowest BCUT2D eigenvalue weighted by Gasteiger charge is -2.17. The molecule has 1 aromatic carbocycles. The largest absolute Gasteiger partial charge is 0.496 e. The number of nitrogens with one attached hydrogen (secondary N) is 1. The number of benzene rings is 1. The molecule has 0 amide bonds. The highest BCUT2D eigenvalue weighted by atomic mass is 79.9. The minimum absolute atomic E-state index is 0.201. The Hall–Kier alpha value is -0.260. The topological polar surface area (TPSA) is 30.5 Å². The molecule has 0 aliphatic heterocycles. The number of methoxy groups -OCH3 is 1. The summed E-state index contributed by atoms with van der Waals surface area (Å²) in [5.74, 6) is 1.64. The predicted molar refractivity (Wildman–Crippen MR) is 88.7 cm³/mol. The third kappa shape index (κ3) is 4.93. The molecule has 1 aromatic rings. The van der Waals surface area contributed by atoms with Crippen LogP contribution in [0.15, 0.2) is 21.1 Å². The maximum atomic E-state index is 5.99. The van der Waals surface area contributed by atoms with E-state index in [0.29, 0.717) is 0 Å². The van der Waals surface area contributed by atoms with Crippen LogP contribution in [0.3, 0.4) is 0 Å². The van der Waals surface area contributed by atoms with Gasteiger partial charge in [-0.05, 0) is 83.1 Å². The van der Waals surface area contributed by atoms with Gasteiger partial charge in [-0.1, -0.05) is 0 Å². The van der Waals surface area contributed by atoms with E-state index in [-0.39, 0.29) is 6.10 Å². The maximum Gasteiger partial charge on any atom is 0.135 e. The molecule has 0 radical (unpaired) electrons. The Morgan fingerprint density at radius 3 is 2.55 bits per heavy atom. The van der Waals surface area contributed by atoms with Crippen molar-refractivity contribution in [1.29, 1.82) is 0 Å². The van der Waals surface area contributed by atoms with E-state index in [1.165, 1.54) is 12.8 Å². The fraction of sp³-hybridized carbons (Fsp3) is 0.600. The molecule has 0 bridgehead atoms. The van der Waals surface area contributed by atoms with E-state index in [9.17, 15) is 0 Å². The highest BCUT2D eigenvalue weighted by molar-refractivity contribution is 9.11. The van der Waals surface area contributed by atoms with Crippen molar-refractivity contribution in [3.05, 3.63) is 21.1 Å². The molecule has 2 rings (SSSR count). The van der Waals surface area contributed by atoms with Crippen LogP contribution in [0.4, 0.5) is 0 Å². The average Bonchev–Trinajstić information content (AvgIpc) is 3.22. The van der Waals surface area contributed by atoms with Gasteiger partial charge in [-0.25, -0.2) is 0 Å². The Kier molecular flexibility index (Phi) is 6.18. The summed E-state index contributed by atoms with van der Waals surface area (Å²) in [6.07, 6.45) is 5.09. The number of ether oxygens (including phenoxy) is 2. The lowest BCUT2D eigenvalue weighted by atomic mass is 10.2. The van der Waals surface area contributed by atoms with E-state index in [1.54, 1.807) is 7.11 Å². The molecule has 1 saturated carbocycles. The van der Waals surface area contributed by atoms with Crippen molar-refractivity contribution < 1.29 is 9.47 Å². The third-order valence-corrected chi connectivity index (χ3v) is 4.57. The summed E-state index contributed by atoms with van der Waals surface area (Å²) in [5.41, 5.74) is 0. The van der Waals surface area contributed by atoms with Crippen LogP contribution in [0.5, 0.6) is 11.5 Å². The summed E-state index contributed by atoms with van der Waals surface area (Å²) >= 11 is 7.00.